The lowest BCUT2D eigenvalue weighted by molar-refractivity contribution is 0.167. The molecule has 1 fully saturated rings. The van der Waals surface area contributed by atoms with E-state index in [0.717, 1.165) is 6.42 Å². The third-order valence-corrected chi connectivity index (χ3v) is 4.72. The number of aliphatic hydroxyl groups excluding tert-OH is 1. The van der Waals surface area contributed by atoms with E-state index in [1.54, 1.807) is 0 Å². The van der Waals surface area contributed by atoms with Crippen molar-refractivity contribution in [1.29, 1.82) is 0 Å². The van der Waals surface area contributed by atoms with Crippen LogP contribution in [0.25, 0.3) is 0 Å². The molecule has 74 valence electrons. The van der Waals surface area contributed by atoms with Crippen molar-refractivity contribution in [3.05, 3.63) is 0 Å². The number of hydrogen-bond donors (Lipinski definition) is 1. The van der Waals surface area contributed by atoms with E-state index in [0.29, 0.717) is 12.8 Å². The third kappa shape index (κ3) is 2.45. The third-order valence-electron chi connectivity index (χ3n) is 2.38. The summed E-state index contributed by atoms with van der Waals surface area (Å²) in [5, 5.41) is 8.86. The van der Waals surface area contributed by atoms with Gasteiger partial charge in [0.15, 0.2) is 9.84 Å². The fourth-order valence-electron chi connectivity index (χ4n) is 1.66. The van der Waals surface area contributed by atoms with Crippen molar-refractivity contribution in [2.45, 2.75) is 37.0 Å². The maximum Gasteiger partial charge on any atom is 0.155 e. The fourth-order valence-corrected chi connectivity index (χ4v) is 3.67. The molecule has 2 atom stereocenters. The predicted octanol–water partition coefficient (Wildman–Crippen LogP) is 0.338. The Balaban J connectivity index is 2.72. The minimum absolute atomic E-state index is 0.129. The lowest BCUT2D eigenvalue weighted by Crippen LogP contribution is -2.38. The molecule has 1 aliphatic rings. The van der Waals surface area contributed by atoms with E-state index in [-0.39, 0.29) is 12.2 Å². The zero-order valence-electron chi connectivity index (χ0n) is 7.44. The maximum absolute atomic E-state index is 11.5. The van der Waals surface area contributed by atoms with E-state index in [9.17, 15) is 13.5 Å². The van der Waals surface area contributed by atoms with Crippen molar-refractivity contribution < 1.29 is 13.5 Å². The number of terminal acetylenes is 1. The Kier molecular flexibility index (Phi) is 3.34. The van der Waals surface area contributed by atoms with Gasteiger partial charge in [-0.05, 0) is 12.8 Å². The van der Waals surface area contributed by atoms with Crippen molar-refractivity contribution in [2.75, 3.05) is 5.75 Å². The summed E-state index contributed by atoms with van der Waals surface area (Å²) in [7, 11) is -3.09. The molecule has 0 aromatic rings. The molecular weight excluding hydrogens is 188 g/mol. The minimum Gasteiger partial charge on any atom is -0.391 e. The second-order valence-corrected chi connectivity index (χ2v) is 5.72. The van der Waals surface area contributed by atoms with Crippen molar-refractivity contribution >= 4 is 9.84 Å². The molecule has 1 rings (SSSR count). The molecule has 4 heteroatoms. The van der Waals surface area contributed by atoms with Gasteiger partial charge in [0.2, 0.25) is 0 Å². The van der Waals surface area contributed by atoms with Crippen molar-refractivity contribution in [3.63, 3.8) is 0 Å². The highest BCUT2D eigenvalue weighted by Gasteiger charge is 2.33. The average Bonchev–Trinajstić information content (AvgIpc) is 2.03. The summed E-state index contributed by atoms with van der Waals surface area (Å²) in [6.45, 7) is 0. The van der Waals surface area contributed by atoms with E-state index < -0.39 is 21.2 Å². The van der Waals surface area contributed by atoms with Crippen molar-refractivity contribution in [3.8, 4) is 12.3 Å². The predicted molar refractivity (Wildman–Crippen MR) is 50.9 cm³/mol. The van der Waals surface area contributed by atoms with E-state index in [1.807, 2.05) is 0 Å². The minimum atomic E-state index is -3.09. The summed E-state index contributed by atoms with van der Waals surface area (Å²) in [5.41, 5.74) is 0. The van der Waals surface area contributed by atoms with Gasteiger partial charge in [-0.1, -0.05) is 6.42 Å². The SMILES string of the molecule is C#CCC(O)C1CCCCS1(=O)=O. The Morgan fingerprint density at radius 2 is 2.23 bits per heavy atom. The molecule has 0 spiro atoms. The first-order valence-electron chi connectivity index (χ1n) is 4.41. The van der Waals surface area contributed by atoms with Gasteiger partial charge in [-0.2, -0.15) is 0 Å². The second-order valence-electron chi connectivity index (χ2n) is 3.38. The highest BCUT2D eigenvalue weighted by molar-refractivity contribution is 7.92. The van der Waals surface area contributed by atoms with E-state index in [4.69, 9.17) is 6.42 Å². The van der Waals surface area contributed by atoms with Crippen LogP contribution in [0.15, 0.2) is 0 Å². The quantitative estimate of drug-likeness (QED) is 0.657. The van der Waals surface area contributed by atoms with Gasteiger partial charge >= 0.3 is 0 Å². The molecule has 0 amide bonds. The highest BCUT2D eigenvalue weighted by Crippen LogP contribution is 2.23. The monoisotopic (exact) mass is 202 g/mol. The Bertz CT molecular complexity index is 299. The van der Waals surface area contributed by atoms with Crippen LogP contribution in [-0.4, -0.2) is 30.6 Å². The first kappa shape index (κ1) is 10.6. The zero-order chi connectivity index (χ0) is 9.90. The number of aliphatic hydroxyl groups is 1. The van der Waals surface area contributed by atoms with Gasteiger partial charge in [0, 0.05) is 6.42 Å². The summed E-state index contributed by atoms with van der Waals surface area (Å²) in [6.07, 6.45) is 6.39. The van der Waals surface area contributed by atoms with Crippen LogP contribution in [0.5, 0.6) is 0 Å². The normalized spacial score (nSPS) is 29.1. The van der Waals surface area contributed by atoms with Crippen LogP contribution in [0.1, 0.15) is 25.7 Å². The number of hydrogen-bond acceptors (Lipinski definition) is 3. The van der Waals surface area contributed by atoms with Crippen LogP contribution in [-0.2, 0) is 9.84 Å². The molecule has 1 saturated heterocycles. The molecule has 0 aromatic heterocycles. The lowest BCUT2D eigenvalue weighted by Gasteiger charge is -2.25. The van der Waals surface area contributed by atoms with Crippen LogP contribution in [0, 0.1) is 12.3 Å². The maximum atomic E-state index is 11.5. The number of rotatable bonds is 2. The fraction of sp³-hybridized carbons (Fsp3) is 0.778. The van der Waals surface area contributed by atoms with Gasteiger partial charge in [-0.15, -0.1) is 12.3 Å². The molecular formula is C9H14O3S. The summed E-state index contributed by atoms with van der Waals surface area (Å²) < 4.78 is 22.9. The summed E-state index contributed by atoms with van der Waals surface area (Å²) in [5.74, 6) is 2.48. The van der Waals surface area contributed by atoms with Crippen LogP contribution in [0.3, 0.4) is 0 Å². The summed E-state index contributed by atoms with van der Waals surface area (Å²) in [6, 6.07) is 0. The van der Waals surface area contributed by atoms with Gasteiger partial charge in [-0.3, -0.25) is 0 Å². The number of sulfone groups is 1. The van der Waals surface area contributed by atoms with E-state index in [2.05, 4.69) is 5.92 Å². The molecule has 0 radical (unpaired) electrons. The molecule has 1 heterocycles. The Hall–Kier alpha value is -0.530. The molecule has 0 aromatic carbocycles. The molecule has 0 bridgehead atoms. The Labute approximate surface area is 79.1 Å². The van der Waals surface area contributed by atoms with Crippen molar-refractivity contribution in [1.82, 2.24) is 0 Å². The summed E-state index contributed by atoms with van der Waals surface area (Å²) >= 11 is 0. The molecule has 0 aliphatic carbocycles. The smallest absolute Gasteiger partial charge is 0.155 e. The van der Waals surface area contributed by atoms with E-state index >= 15 is 0 Å². The molecule has 1 N–H and O–H groups in total. The zero-order valence-corrected chi connectivity index (χ0v) is 8.26. The molecule has 0 saturated carbocycles. The van der Waals surface area contributed by atoms with Gasteiger partial charge in [0.05, 0.1) is 17.1 Å². The van der Waals surface area contributed by atoms with Gasteiger partial charge in [-0.25, -0.2) is 8.42 Å². The van der Waals surface area contributed by atoms with Crippen molar-refractivity contribution in [2.24, 2.45) is 0 Å². The molecule has 2 unspecified atom stereocenters. The Morgan fingerprint density at radius 3 is 2.77 bits per heavy atom. The highest BCUT2D eigenvalue weighted by atomic mass is 32.2. The molecule has 3 nitrogen and oxygen atoms in total. The average molecular weight is 202 g/mol. The van der Waals surface area contributed by atoms with Crippen LogP contribution < -0.4 is 0 Å². The standard InChI is InChI=1S/C9H14O3S/c1-2-5-8(10)9-6-3-4-7-13(9,11)12/h1,8-10H,3-7H2. The first-order valence-corrected chi connectivity index (χ1v) is 6.12. The van der Waals surface area contributed by atoms with Crippen LogP contribution >= 0.6 is 0 Å². The Morgan fingerprint density at radius 1 is 1.54 bits per heavy atom. The largest absolute Gasteiger partial charge is 0.391 e. The lowest BCUT2D eigenvalue weighted by atomic mass is 10.1. The molecule has 13 heavy (non-hydrogen) atoms. The van der Waals surface area contributed by atoms with Crippen LogP contribution in [0.4, 0.5) is 0 Å². The second kappa shape index (κ2) is 4.12. The van der Waals surface area contributed by atoms with E-state index in [1.165, 1.54) is 0 Å². The molecule has 1 aliphatic heterocycles. The van der Waals surface area contributed by atoms with Gasteiger partial charge in [0.25, 0.3) is 0 Å². The summed E-state index contributed by atoms with van der Waals surface area (Å²) in [4.78, 5) is 0. The van der Waals surface area contributed by atoms with Gasteiger partial charge < -0.3 is 5.11 Å². The van der Waals surface area contributed by atoms with Crippen LogP contribution in [0.2, 0.25) is 0 Å². The first-order chi connectivity index (χ1) is 6.08. The topological polar surface area (TPSA) is 54.4 Å². The van der Waals surface area contributed by atoms with Gasteiger partial charge in [0.1, 0.15) is 0 Å².